The van der Waals surface area contributed by atoms with E-state index in [0.29, 0.717) is 16.6 Å². The normalized spacial score (nSPS) is 9.96. The van der Waals surface area contributed by atoms with Crippen LogP contribution in [0.1, 0.15) is 21.5 Å². The molecule has 0 saturated heterocycles. The molecule has 0 radical (unpaired) electrons. The zero-order chi connectivity index (χ0) is 17.0. The topological polar surface area (TPSA) is 87.2 Å². The number of hydrogen-bond donors (Lipinski definition) is 0. The van der Waals surface area contributed by atoms with Crippen molar-refractivity contribution < 1.29 is 9.72 Å². The molecular formula is C16H12BrN3O3. The van der Waals surface area contributed by atoms with Crippen LogP contribution in [0, 0.1) is 21.4 Å². The molecule has 2 rings (SSSR count). The summed E-state index contributed by atoms with van der Waals surface area (Å²) >= 11 is 3.09. The van der Waals surface area contributed by atoms with Gasteiger partial charge in [0.25, 0.3) is 11.6 Å². The Balaban J connectivity index is 2.21. The van der Waals surface area contributed by atoms with Crippen LogP contribution < -0.4 is 0 Å². The van der Waals surface area contributed by atoms with Crippen LogP contribution in [-0.2, 0) is 6.54 Å². The second-order valence-corrected chi connectivity index (χ2v) is 5.75. The largest absolute Gasteiger partial charge is 0.337 e. The van der Waals surface area contributed by atoms with E-state index >= 15 is 0 Å². The lowest BCUT2D eigenvalue weighted by atomic mass is 10.1. The van der Waals surface area contributed by atoms with Crippen molar-refractivity contribution in [2.45, 2.75) is 6.54 Å². The van der Waals surface area contributed by atoms with Crippen molar-refractivity contribution in [2.75, 3.05) is 7.05 Å². The summed E-state index contributed by atoms with van der Waals surface area (Å²) in [6, 6.07) is 13.2. The van der Waals surface area contributed by atoms with Gasteiger partial charge < -0.3 is 4.90 Å². The first-order chi connectivity index (χ1) is 10.9. The maximum Gasteiger partial charge on any atom is 0.284 e. The minimum atomic E-state index is -0.544. The maximum atomic E-state index is 12.4. The van der Waals surface area contributed by atoms with Gasteiger partial charge in [-0.25, -0.2) is 0 Å². The first-order valence-corrected chi connectivity index (χ1v) is 7.40. The number of rotatable bonds is 4. The predicted molar refractivity (Wildman–Crippen MR) is 87.8 cm³/mol. The number of carbonyl (C=O) groups is 1. The first-order valence-electron chi connectivity index (χ1n) is 6.61. The number of amides is 1. The van der Waals surface area contributed by atoms with Gasteiger partial charge in [-0.15, -0.1) is 0 Å². The molecule has 116 valence electrons. The highest BCUT2D eigenvalue weighted by molar-refractivity contribution is 9.10. The zero-order valence-corrected chi connectivity index (χ0v) is 13.8. The molecular weight excluding hydrogens is 362 g/mol. The minimum absolute atomic E-state index is 0.157. The van der Waals surface area contributed by atoms with Gasteiger partial charge >= 0.3 is 0 Å². The Bertz CT molecular complexity index is 814. The lowest BCUT2D eigenvalue weighted by Gasteiger charge is -2.17. The molecule has 2 aromatic rings. The van der Waals surface area contributed by atoms with E-state index in [1.54, 1.807) is 25.2 Å². The summed E-state index contributed by atoms with van der Waals surface area (Å²) in [5.41, 5.74) is 1.41. The van der Waals surface area contributed by atoms with Crippen LogP contribution in [0.2, 0.25) is 0 Å². The molecule has 23 heavy (non-hydrogen) atoms. The van der Waals surface area contributed by atoms with Crippen LogP contribution in [-0.4, -0.2) is 22.8 Å². The molecule has 0 aromatic heterocycles. The fourth-order valence-corrected chi connectivity index (χ4v) is 2.48. The molecule has 0 aliphatic carbocycles. The lowest BCUT2D eigenvalue weighted by Crippen LogP contribution is -2.26. The van der Waals surface area contributed by atoms with Crippen LogP contribution >= 0.6 is 15.9 Å². The van der Waals surface area contributed by atoms with Gasteiger partial charge in [-0.05, 0) is 45.8 Å². The summed E-state index contributed by atoms with van der Waals surface area (Å²) in [7, 11) is 1.61. The van der Waals surface area contributed by atoms with Gasteiger partial charge in [0, 0.05) is 25.2 Å². The van der Waals surface area contributed by atoms with Gasteiger partial charge in [-0.3, -0.25) is 14.9 Å². The molecule has 2 aromatic carbocycles. The highest BCUT2D eigenvalue weighted by atomic mass is 79.9. The van der Waals surface area contributed by atoms with Gasteiger partial charge in [0.2, 0.25) is 0 Å². The first kappa shape index (κ1) is 16.6. The summed E-state index contributed by atoms with van der Waals surface area (Å²) < 4.78 is 0.323. The Morgan fingerprint density at radius 2 is 2.09 bits per heavy atom. The average molecular weight is 374 g/mol. The van der Waals surface area contributed by atoms with E-state index in [0.717, 1.165) is 5.56 Å². The standard InChI is InChI=1S/C16H12BrN3O3/c1-19(10-12-4-2-3-11(7-12)9-18)16(21)13-5-6-14(17)15(8-13)20(22)23/h2-8H,10H2,1H3. The molecule has 0 N–H and O–H groups in total. The third-order valence-electron chi connectivity index (χ3n) is 3.21. The van der Waals surface area contributed by atoms with Crippen molar-refractivity contribution in [3.63, 3.8) is 0 Å². The van der Waals surface area contributed by atoms with E-state index in [1.165, 1.54) is 23.1 Å². The fourth-order valence-electron chi connectivity index (χ4n) is 2.09. The zero-order valence-electron chi connectivity index (χ0n) is 12.2. The summed E-state index contributed by atoms with van der Waals surface area (Å²) in [4.78, 5) is 24.3. The molecule has 1 amide bonds. The Morgan fingerprint density at radius 3 is 2.74 bits per heavy atom. The van der Waals surface area contributed by atoms with Crippen molar-refractivity contribution in [3.05, 3.63) is 73.7 Å². The van der Waals surface area contributed by atoms with Crippen LogP contribution in [0.5, 0.6) is 0 Å². The number of nitro benzene ring substituents is 1. The summed E-state index contributed by atoms with van der Waals surface area (Å²) in [6.07, 6.45) is 0. The number of nitrogens with zero attached hydrogens (tertiary/aromatic N) is 3. The van der Waals surface area contributed by atoms with Crippen LogP contribution in [0.4, 0.5) is 5.69 Å². The van der Waals surface area contributed by atoms with Gasteiger partial charge in [-0.2, -0.15) is 5.26 Å². The number of benzene rings is 2. The lowest BCUT2D eigenvalue weighted by molar-refractivity contribution is -0.385. The van der Waals surface area contributed by atoms with Gasteiger partial charge in [0.1, 0.15) is 0 Å². The van der Waals surface area contributed by atoms with Crippen LogP contribution in [0.15, 0.2) is 46.9 Å². The molecule has 0 unspecified atom stereocenters. The van der Waals surface area contributed by atoms with E-state index in [4.69, 9.17) is 5.26 Å². The number of hydrogen-bond acceptors (Lipinski definition) is 4. The van der Waals surface area contributed by atoms with Gasteiger partial charge in [0.05, 0.1) is 21.0 Å². The van der Waals surface area contributed by atoms with Crippen LogP contribution in [0.3, 0.4) is 0 Å². The fraction of sp³-hybridized carbons (Fsp3) is 0.125. The summed E-state index contributed by atoms with van der Waals surface area (Å²) in [5, 5.41) is 19.8. The number of carbonyl (C=O) groups excluding carboxylic acids is 1. The Morgan fingerprint density at radius 1 is 1.35 bits per heavy atom. The Hall–Kier alpha value is -2.72. The SMILES string of the molecule is CN(Cc1cccc(C#N)c1)C(=O)c1ccc(Br)c([N+](=O)[O-])c1. The average Bonchev–Trinajstić information content (AvgIpc) is 2.54. The van der Waals surface area contributed by atoms with Crippen molar-refractivity contribution in [2.24, 2.45) is 0 Å². The Kier molecular flexibility index (Phi) is 5.09. The van der Waals surface area contributed by atoms with Gasteiger partial charge in [-0.1, -0.05) is 12.1 Å². The van der Waals surface area contributed by atoms with E-state index in [1.807, 2.05) is 12.1 Å². The monoisotopic (exact) mass is 373 g/mol. The molecule has 0 bridgehead atoms. The smallest absolute Gasteiger partial charge is 0.284 e. The molecule has 0 atom stereocenters. The molecule has 0 heterocycles. The van der Waals surface area contributed by atoms with Crippen molar-refractivity contribution >= 4 is 27.5 Å². The van der Waals surface area contributed by atoms with Crippen LogP contribution in [0.25, 0.3) is 0 Å². The second-order valence-electron chi connectivity index (χ2n) is 4.90. The van der Waals surface area contributed by atoms with E-state index in [9.17, 15) is 14.9 Å². The molecule has 7 heteroatoms. The number of nitro groups is 1. The number of nitriles is 1. The molecule has 0 spiro atoms. The minimum Gasteiger partial charge on any atom is -0.337 e. The Labute approximate surface area is 141 Å². The van der Waals surface area contributed by atoms with E-state index in [2.05, 4.69) is 15.9 Å². The van der Waals surface area contributed by atoms with Crippen molar-refractivity contribution in [3.8, 4) is 6.07 Å². The molecule has 0 fully saturated rings. The third-order valence-corrected chi connectivity index (χ3v) is 3.88. The quantitative estimate of drug-likeness (QED) is 0.605. The summed E-state index contributed by atoms with van der Waals surface area (Å²) in [5.74, 6) is -0.331. The molecule has 0 saturated carbocycles. The molecule has 0 aliphatic rings. The van der Waals surface area contributed by atoms with Crippen molar-refractivity contribution in [1.82, 2.24) is 4.90 Å². The molecule has 0 aliphatic heterocycles. The second kappa shape index (κ2) is 7.03. The highest BCUT2D eigenvalue weighted by Gasteiger charge is 2.18. The van der Waals surface area contributed by atoms with E-state index in [-0.39, 0.29) is 17.2 Å². The van der Waals surface area contributed by atoms with Crippen molar-refractivity contribution in [1.29, 1.82) is 5.26 Å². The highest BCUT2D eigenvalue weighted by Crippen LogP contribution is 2.26. The number of halogens is 1. The summed E-state index contributed by atoms with van der Waals surface area (Å²) in [6.45, 7) is 0.304. The molecule has 6 nitrogen and oxygen atoms in total. The van der Waals surface area contributed by atoms with E-state index < -0.39 is 4.92 Å². The maximum absolute atomic E-state index is 12.4. The predicted octanol–water partition coefficient (Wildman–Crippen LogP) is 3.50. The van der Waals surface area contributed by atoms with Gasteiger partial charge in [0.15, 0.2) is 0 Å². The third kappa shape index (κ3) is 3.93.